The molecule has 0 fully saturated rings. The molecule has 1 aromatic rings. The van der Waals surface area contributed by atoms with Gasteiger partial charge in [0.05, 0.1) is 26.2 Å². The van der Waals surface area contributed by atoms with E-state index in [2.05, 4.69) is 0 Å². The molecule has 0 spiro atoms. The molecule has 0 aromatic heterocycles. The molecular weight excluding hydrogens is 314 g/mol. The van der Waals surface area contributed by atoms with E-state index in [0.29, 0.717) is 23.4 Å². The Morgan fingerprint density at radius 2 is 1.58 bits per heavy atom. The molecular formula is C17H27NO6. The highest BCUT2D eigenvalue weighted by Gasteiger charge is 2.11. The van der Waals surface area contributed by atoms with Crippen LogP contribution in [0.1, 0.15) is 37.8 Å². The Morgan fingerprint density at radius 3 is 2.04 bits per heavy atom. The molecule has 0 heterocycles. The number of ether oxygens (including phenoxy) is 1. The number of benzene rings is 1. The van der Waals surface area contributed by atoms with Gasteiger partial charge in [0.2, 0.25) is 5.91 Å². The minimum Gasteiger partial charge on any atom is -0.492 e. The normalized spacial score (nSPS) is 9.71. The summed E-state index contributed by atoms with van der Waals surface area (Å²) in [5.41, 5.74) is 1.26. The lowest BCUT2D eigenvalue weighted by molar-refractivity contribution is -0.140. The number of carboxylic acids is 1. The zero-order valence-corrected chi connectivity index (χ0v) is 14.5. The van der Waals surface area contributed by atoms with E-state index in [4.69, 9.17) is 20.1 Å². The summed E-state index contributed by atoms with van der Waals surface area (Å²) in [6, 6.07) is 4.99. The van der Waals surface area contributed by atoms with Crippen LogP contribution in [0.4, 0.5) is 0 Å². The molecule has 0 bridgehead atoms. The van der Waals surface area contributed by atoms with Crippen LogP contribution in [0.3, 0.4) is 0 Å². The van der Waals surface area contributed by atoms with Gasteiger partial charge < -0.3 is 25.0 Å². The fourth-order valence-electron chi connectivity index (χ4n) is 1.82. The van der Waals surface area contributed by atoms with Crippen molar-refractivity contribution in [2.45, 2.75) is 39.9 Å². The first kappa shape index (κ1) is 21.9. The highest BCUT2D eigenvalue weighted by atomic mass is 16.5. The highest BCUT2D eigenvalue weighted by molar-refractivity contribution is 5.80. The number of carbonyl (C=O) groups excluding carboxylic acids is 1. The number of aliphatic hydroxyl groups excluding tert-OH is 2. The van der Waals surface area contributed by atoms with Crippen molar-refractivity contribution in [2.75, 3.05) is 20.2 Å². The van der Waals surface area contributed by atoms with Gasteiger partial charge in [-0.1, -0.05) is 19.9 Å². The summed E-state index contributed by atoms with van der Waals surface area (Å²) in [4.78, 5) is 23.5. The van der Waals surface area contributed by atoms with Crippen molar-refractivity contribution >= 4 is 11.9 Å². The zero-order valence-electron chi connectivity index (χ0n) is 14.5. The minimum atomic E-state index is -1.00. The fraction of sp³-hybridized carbons (Fsp3) is 0.529. The second-order valence-electron chi connectivity index (χ2n) is 4.86. The zero-order chi connectivity index (χ0) is 18.5. The van der Waals surface area contributed by atoms with Gasteiger partial charge in [-0.15, -0.1) is 0 Å². The summed E-state index contributed by atoms with van der Waals surface area (Å²) in [6.07, 6.45) is -0.233. The Hall–Kier alpha value is -2.12. The molecule has 136 valence electrons. The lowest BCUT2D eigenvalue weighted by atomic mass is 10.1. The van der Waals surface area contributed by atoms with Crippen LogP contribution in [0.15, 0.2) is 18.2 Å². The van der Waals surface area contributed by atoms with Crippen molar-refractivity contribution in [3.05, 3.63) is 29.3 Å². The van der Waals surface area contributed by atoms with Crippen molar-refractivity contribution in [3.8, 4) is 5.75 Å². The van der Waals surface area contributed by atoms with Gasteiger partial charge in [-0.3, -0.25) is 9.59 Å². The van der Waals surface area contributed by atoms with Crippen LogP contribution in [0.5, 0.6) is 5.75 Å². The summed E-state index contributed by atoms with van der Waals surface area (Å²) >= 11 is 0. The molecule has 7 heteroatoms. The molecule has 0 aliphatic heterocycles. The highest BCUT2D eigenvalue weighted by Crippen LogP contribution is 2.17. The largest absolute Gasteiger partial charge is 0.492 e. The van der Waals surface area contributed by atoms with Gasteiger partial charge in [0.25, 0.3) is 0 Å². The maximum Gasteiger partial charge on any atom is 0.303 e. The molecule has 0 saturated carbocycles. The molecule has 0 aliphatic carbocycles. The van der Waals surface area contributed by atoms with Crippen LogP contribution < -0.4 is 4.74 Å². The van der Waals surface area contributed by atoms with Gasteiger partial charge in [-0.05, 0) is 23.3 Å². The fourth-order valence-corrected chi connectivity index (χ4v) is 1.82. The number of hydrogen-bond acceptors (Lipinski definition) is 5. The first-order chi connectivity index (χ1) is 11.5. The van der Waals surface area contributed by atoms with E-state index in [1.165, 1.54) is 4.90 Å². The van der Waals surface area contributed by atoms with Gasteiger partial charge in [0.15, 0.2) is 0 Å². The average Bonchev–Trinajstić information content (AvgIpc) is 2.60. The molecule has 1 amide bonds. The molecule has 0 atom stereocenters. The topological polar surface area (TPSA) is 107 Å². The van der Waals surface area contributed by atoms with E-state index in [-0.39, 0.29) is 38.6 Å². The number of carboxylic acid groups (broad SMARTS) is 1. The van der Waals surface area contributed by atoms with E-state index >= 15 is 0 Å². The van der Waals surface area contributed by atoms with Gasteiger partial charge in [-0.25, -0.2) is 0 Å². The number of hydrogen-bond donors (Lipinski definition) is 3. The third kappa shape index (κ3) is 8.50. The second kappa shape index (κ2) is 12.3. The predicted molar refractivity (Wildman–Crippen MR) is 89.6 cm³/mol. The van der Waals surface area contributed by atoms with Crippen LogP contribution in [0.25, 0.3) is 0 Å². The van der Waals surface area contributed by atoms with E-state index in [1.54, 1.807) is 25.2 Å². The number of likely N-dealkylation sites (N-methyl/N-ethyl adjacent to an activating group) is 1. The summed E-state index contributed by atoms with van der Waals surface area (Å²) in [7, 11) is 1.58. The van der Waals surface area contributed by atoms with E-state index < -0.39 is 5.97 Å². The molecule has 3 N–H and O–H groups in total. The van der Waals surface area contributed by atoms with Crippen molar-refractivity contribution in [1.29, 1.82) is 0 Å². The Balaban J connectivity index is 0.00000254. The number of amides is 1. The number of carbonyl (C=O) groups is 2. The van der Waals surface area contributed by atoms with E-state index in [0.717, 1.165) is 0 Å². The van der Waals surface area contributed by atoms with Crippen molar-refractivity contribution in [1.82, 2.24) is 4.90 Å². The number of aliphatic carboxylic acids is 1. The maximum absolute atomic E-state index is 11.6. The Labute approximate surface area is 142 Å². The number of aliphatic hydroxyl groups is 2. The third-order valence-electron chi connectivity index (χ3n) is 3.07. The summed E-state index contributed by atoms with van der Waals surface area (Å²) < 4.78 is 5.50. The van der Waals surface area contributed by atoms with Crippen molar-refractivity contribution < 1.29 is 29.6 Å². The minimum absolute atomic E-state index is 0.0412. The summed E-state index contributed by atoms with van der Waals surface area (Å²) in [5, 5.41) is 26.8. The van der Waals surface area contributed by atoms with Crippen LogP contribution in [-0.4, -0.2) is 52.3 Å². The molecule has 0 saturated heterocycles. The van der Waals surface area contributed by atoms with Gasteiger partial charge in [0, 0.05) is 13.5 Å². The number of rotatable bonds is 9. The summed E-state index contributed by atoms with van der Waals surface area (Å²) in [6.45, 7) is 4.24. The Bertz CT molecular complexity index is 496. The quantitative estimate of drug-likeness (QED) is 0.627. The summed E-state index contributed by atoms with van der Waals surface area (Å²) in [5.74, 6) is -0.761. The standard InChI is InChI=1S/C15H21NO6.C2H6/c1-16(14(19)2-3-15(20)21)4-5-22-13-7-11(9-17)6-12(8-13)10-18;1-2/h6-8,17-18H,2-5,9-10H2,1H3,(H,20,21);1-2H3. The van der Waals surface area contributed by atoms with E-state index in [1.807, 2.05) is 13.8 Å². The smallest absolute Gasteiger partial charge is 0.303 e. The lowest BCUT2D eigenvalue weighted by Gasteiger charge is -2.17. The monoisotopic (exact) mass is 341 g/mol. The average molecular weight is 341 g/mol. The van der Waals surface area contributed by atoms with Gasteiger partial charge >= 0.3 is 5.97 Å². The molecule has 1 aromatic carbocycles. The molecule has 1 rings (SSSR count). The molecule has 7 nitrogen and oxygen atoms in total. The molecule has 24 heavy (non-hydrogen) atoms. The van der Waals surface area contributed by atoms with Crippen molar-refractivity contribution in [2.24, 2.45) is 0 Å². The van der Waals surface area contributed by atoms with Gasteiger partial charge in [0.1, 0.15) is 12.4 Å². The van der Waals surface area contributed by atoms with Gasteiger partial charge in [-0.2, -0.15) is 0 Å². The first-order valence-electron chi connectivity index (χ1n) is 7.89. The molecule has 0 aliphatic rings. The molecule has 0 unspecified atom stereocenters. The van der Waals surface area contributed by atoms with Crippen LogP contribution >= 0.6 is 0 Å². The Kier molecular flexibility index (Phi) is 11.2. The van der Waals surface area contributed by atoms with Crippen LogP contribution in [0.2, 0.25) is 0 Å². The first-order valence-corrected chi connectivity index (χ1v) is 7.89. The maximum atomic E-state index is 11.6. The third-order valence-corrected chi connectivity index (χ3v) is 3.07. The lowest BCUT2D eigenvalue weighted by Crippen LogP contribution is -2.31. The van der Waals surface area contributed by atoms with Crippen LogP contribution in [0, 0.1) is 0 Å². The van der Waals surface area contributed by atoms with E-state index in [9.17, 15) is 9.59 Å². The second-order valence-corrected chi connectivity index (χ2v) is 4.86. The SMILES string of the molecule is CC.CN(CCOc1cc(CO)cc(CO)c1)C(=O)CCC(=O)O. The molecule has 0 radical (unpaired) electrons. The Morgan fingerprint density at radius 1 is 1.04 bits per heavy atom. The van der Waals surface area contributed by atoms with Crippen LogP contribution in [-0.2, 0) is 22.8 Å². The predicted octanol–water partition coefficient (Wildman–Crippen LogP) is 1.40. The number of nitrogens with zero attached hydrogens (tertiary/aromatic N) is 1. The van der Waals surface area contributed by atoms with Crippen molar-refractivity contribution in [3.63, 3.8) is 0 Å².